The highest BCUT2D eigenvalue weighted by Gasteiger charge is 2.03. The molecule has 0 aliphatic carbocycles. The maximum absolute atomic E-state index is 11.2. The van der Waals surface area contributed by atoms with E-state index in [4.69, 9.17) is 5.11 Å². The molecular weight excluding hydrogens is 254 g/mol. The van der Waals surface area contributed by atoms with E-state index in [2.05, 4.69) is 15.5 Å². The van der Waals surface area contributed by atoms with Gasteiger partial charge in [-0.2, -0.15) is 0 Å². The number of carbonyl (C=O) groups is 3. The van der Waals surface area contributed by atoms with Gasteiger partial charge in [0, 0.05) is 18.3 Å². The minimum Gasteiger partial charge on any atom is -0.479 e. The van der Waals surface area contributed by atoms with Crippen molar-refractivity contribution in [3.63, 3.8) is 0 Å². The maximum Gasteiger partial charge on any atom is 0.343 e. The van der Waals surface area contributed by atoms with Crippen LogP contribution in [0.1, 0.15) is 6.92 Å². The third-order valence-corrected chi connectivity index (χ3v) is 1.82. The number of carboxylic acids is 1. The number of hydrogen-bond acceptors (Lipinski definition) is 4. The molecule has 0 aliphatic rings. The van der Waals surface area contributed by atoms with Gasteiger partial charge in [-0.1, -0.05) is 0 Å². The van der Waals surface area contributed by atoms with Gasteiger partial charge in [0.2, 0.25) is 5.91 Å². The van der Waals surface area contributed by atoms with Crippen LogP contribution in [0.2, 0.25) is 0 Å². The fraction of sp³-hybridized carbons (Fsp3) is 0.182. The largest absolute Gasteiger partial charge is 0.479 e. The summed E-state index contributed by atoms with van der Waals surface area (Å²) < 4.78 is 0. The molecule has 0 saturated heterocycles. The van der Waals surface area contributed by atoms with Gasteiger partial charge in [-0.05, 0) is 24.3 Å². The van der Waals surface area contributed by atoms with Gasteiger partial charge in [0.1, 0.15) is 0 Å². The van der Waals surface area contributed by atoms with E-state index >= 15 is 0 Å². The minimum atomic E-state index is -1.19. The summed E-state index contributed by atoms with van der Waals surface area (Å²) in [5, 5.41) is 13.3. The van der Waals surface area contributed by atoms with E-state index in [1.54, 1.807) is 24.3 Å². The normalized spacial score (nSPS) is 9.53. The van der Waals surface area contributed by atoms with Crippen LogP contribution >= 0.6 is 0 Å². The lowest BCUT2D eigenvalue weighted by molar-refractivity contribution is -0.143. The molecule has 0 atom stereocenters. The van der Waals surface area contributed by atoms with Gasteiger partial charge in [0.15, 0.2) is 6.61 Å². The van der Waals surface area contributed by atoms with Crippen molar-refractivity contribution < 1.29 is 24.3 Å². The lowest BCUT2D eigenvalue weighted by Gasteiger charge is -2.07. The first-order valence-electron chi connectivity index (χ1n) is 5.25. The number of nitrogens with one attached hydrogen (secondary N) is 3. The summed E-state index contributed by atoms with van der Waals surface area (Å²) in [6.07, 6.45) is 0. The summed E-state index contributed by atoms with van der Waals surface area (Å²) in [5.74, 6) is -1.39. The standard InChI is InChI=1S/C11H13N3O5/c1-7(15)12-8-2-4-9(5-3-8)13-11(18)14-19-6-10(16)17/h2-5H,6H2,1H3,(H,12,15)(H,16,17)(H2,13,14,18). The third-order valence-electron chi connectivity index (χ3n) is 1.82. The van der Waals surface area contributed by atoms with Crippen molar-refractivity contribution in [1.82, 2.24) is 5.48 Å². The molecule has 1 aromatic rings. The average Bonchev–Trinajstić information content (AvgIpc) is 2.30. The smallest absolute Gasteiger partial charge is 0.343 e. The van der Waals surface area contributed by atoms with Crippen molar-refractivity contribution in [3.8, 4) is 0 Å². The van der Waals surface area contributed by atoms with Crippen LogP contribution in [0.5, 0.6) is 0 Å². The maximum atomic E-state index is 11.2. The number of anilines is 2. The van der Waals surface area contributed by atoms with Gasteiger partial charge in [-0.25, -0.2) is 15.1 Å². The van der Waals surface area contributed by atoms with E-state index in [1.165, 1.54) is 6.92 Å². The number of amides is 3. The Labute approximate surface area is 108 Å². The van der Waals surface area contributed by atoms with Gasteiger partial charge >= 0.3 is 12.0 Å². The molecule has 4 N–H and O–H groups in total. The first-order chi connectivity index (χ1) is 8.97. The molecule has 0 aromatic heterocycles. The van der Waals surface area contributed by atoms with E-state index in [1.807, 2.05) is 5.48 Å². The van der Waals surface area contributed by atoms with Crippen LogP contribution in [0.15, 0.2) is 24.3 Å². The Morgan fingerprint density at radius 2 is 1.63 bits per heavy atom. The topological polar surface area (TPSA) is 117 Å². The summed E-state index contributed by atoms with van der Waals surface area (Å²) in [5.41, 5.74) is 2.97. The van der Waals surface area contributed by atoms with Gasteiger partial charge in [0.05, 0.1) is 0 Å². The van der Waals surface area contributed by atoms with Crippen molar-refractivity contribution in [3.05, 3.63) is 24.3 Å². The lowest BCUT2D eigenvalue weighted by Crippen LogP contribution is -2.30. The first-order valence-corrected chi connectivity index (χ1v) is 5.25. The van der Waals surface area contributed by atoms with E-state index in [0.29, 0.717) is 11.4 Å². The number of rotatable bonds is 5. The molecule has 0 radical (unpaired) electrons. The zero-order chi connectivity index (χ0) is 14.3. The molecule has 1 rings (SSSR count). The number of aliphatic carboxylic acids is 1. The van der Waals surface area contributed by atoms with Crippen LogP contribution in [-0.4, -0.2) is 29.6 Å². The number of carboxylic acid groups (broad SMARTS) is 1. The van der Waals surface area contributed by atoms with Crippen LogP contribution in [0.3, 0.4) is 0 Å². The summed E-state index contributed by atoms with van der Waals surface area (Å²) in [6.45, 7) is 0.758. The predicted molar refractivity (Wildman–Crippen MR) is 66.5 cm³/mol. The first kappa shape index (κ1) is 14.5. The zero-order valence-electron chi connectivity index (χ0n) is 10.1. The highest BCUT2D eigenvalue weighted by molar-refractivity contribution is 5.91. The minimum absolute atomic E-state index is 0.194. The summed E-state index contributed by atoms with van der Waals surface area (Å²) in [6, 6.07) is 5.66. The number of hydroxylamine groups is 1. The number of carbonyl (C=O) groups excluding carboxylic acids is 2. The number of urea groups is 1. The molecule has 19 heavy (non-hydrogen) atoms. The Hall–Kier alpha value is -2.61. The average molecular weight is 267 g/mol. The quantitative estimate of drug-likeness (QED) is 0.588. The summed E-state index contributed by atoms with van der Waals surface area (Å²) >= 11 is 0. The van der Waals surface area contributed by atoms with Gasteiger partial charge < -0.3 is 15.7 Å². The van der Waals surface area contributed by atoms with Crippen LogP contribution in [0.25, 0.3) is 0 Å². The monoisotopic (exact) mass is 267 g/mol. The van der Waals surface area contributed by atoms with Crippen molar-refractivity contribution in [1.29, 1.82) is 0 Å². The van der Waals surface area contributed by atoms with Gasteiger partial charge in [-0.15, -0.1) is 0 Å². The second-order valence-electron chi connectivity index (χ2n) is 3.50. The SMILES string of the molecule is CC(=O)Nc1ccc(NC(=O)NOCC(=O)O)cc1. The molecule has 8 nitrogen and oxygen atoms in total. The molecule has 102 valence electrons. The Bertz CT molecular complexity index is 472. The highest BCUT2D eigenvalue weighted by atomic mass is 16.7. The Kier molecular flexibility index (Phi) is 5.30. The van der Waals surface area contributed by atoms with Crippen molar-refractivity contribution in [2.45, 2.75) is 6.92 Å². The zero-order valence-corrected chi connectivity index (χ0v) is 10.1. The second kappa shape index (κ2) is 6.97. The fourth-order valence-corrected chi connectivity index (χ4v) is 1.16. The van der Waals surface area contributed by atoms with E-state index < -0.39 is 18.6 Å². The molecule has 0 fully saturated rings. The molecule has 3 amide bonds. The Morgan fingerprint density at radius 3 is 2.11 bits per heavy atom. The van der Waals surface area contributed by atoms with Crippen LogP contribution in [0, 0.1) is 0 Å². The van der Waals surface area contributed by atoms with Crippen molar-refractivity contribution in [2.24, 2.45) is 0 Å². The molecule has 8 heteroatoms. The van der Waals surface area contributed by atoms with E-state index in [9.17, 15) is 14.4 Å². The highest BCUT2D eigenvalue weighted by Crippen LogP contribution is 2.13. The number of hydrogen-bond donors (Lipinski definition) is 4. The molecule has 0 spiro atoms. The van der Waals surface area contributed by atoms with Crippen molar-refractivity contribution >= 4 is 29.3 Å². The second-order valence-corrected chi connectivity index (χ2v) is 3.50. The van der Waals surface area contributed by atoms with Gasteiger partial charge in [0.25, 0.3) is 0 Å². The fourth-order valence-electron chi connectivity index (χ4n) is 1.16. The Balaban J connectivity index is 2.42. The van der Waals surface area contributed by atoms with Crippen molar-refractivity contribution in [2.75, 3.05) is 17.2 Å². The van der Waals surface area contributed by atoms with E-state index in [-0.39, 0.29) is 5.91 Å². The molecule has 0 bridgehead atoms. The molecular formula is C11H13N3O5. The van der Waals surface area contributed by atoms with Crippen LogP contribution < -0.4 is 16.1 Å². The molecule has 0 unspecified atom stereocenters. The van der Waals surface area contributed by atoms with Crippen LogP contribution in [-0.2, 0) is 14.4 Å². The third kappa shape index (κ3) is 6.03. The number of benzene rings is 1. The summed E-state index contributed by atoms with van der Waals surface area (Å²) in [4.78, 5) is 36.6. The molecule has 1 aromatic carbocycles. The lowest BCUT2D eigenvalue weighted by atomic mass is 10.3. The van der Waals surface area contributed by atoms with Crippen LogP contribution in [0.4, 0.5) is 16.2 Å². The molecule has 0 saturated carbocycles. The van der Waals surface area contributed by atoms with Gasteiger partial charge in [-0.3, -0.25) is 9.63 Å². The summed E-state index contributed by atoms with van der Waals surface area (Å²) in [7, 11) is 0. The molecule has 0 heterocycles. The predicted octanol–water partition coefficient (Wildman–Crippen LogP) is 0.783. The van der Waals surface area contributed by atoms with E-state index in [0.717, 1.165) is 0 Å². The Morgan fingerprint density at radius 1 is 1.11 bits per heavy atom. The molecule has 0 aliphatic heterocycles.